The molecule has 11 heteroatoms. The highest BCUT2D eigenvalue weighted by Gasteiger charge is 2.17. The number of aromatic amines is 1. The smallest absolute Gasteiger partial charge is 0.263 e. The van der Waals surface area contributed by atoms with Crippen molar-refractivity contribution in [1.82, 2.24) is 15.2 Å². The molecule has 0 bridgehead atoms. The second-order valence-corrected chi connectivity index (χ2v) is 8.27. The highest BCUT2D eigenvalue weighted by molar-refractivity contribution is 7.92. The van der Waals surface area contributed by atoms with E-state index in [-0.39, 0.29) is 15.6 Å². The van der Waals surface area contributed by atoms with Crippen molar-refractivity contribution in [3.05, 3.63) is 54.9 Å². The third-order valence-corrected chi connectivity index (χ3v) is 5.57. The summed E-state index contributed by atoms with van der Waals surface area (Å²) in [6, 6.07) is 9.58. The predicted octanol–water partition coefficient (Wildman–Crippen LogP) is 0.920. The molecule has 0 aliphatic heterocycles. The van der Waals surface area contributed by atoms with Gasteiger partial charge in [-0.15, -0.1) is 0 Å². The number of sulfonamides is 2. The van der Waals surface area contributed by atoms with Crippen LogP contribution in [0.15, 0.2) is 64.6 Å². The summed E-state index contributed by atoms with van der Waals surface area (Å²) in [6.45, 7) is 0. The molecule has 9 nitrogen and oxygen atoms in total. The third kappa shape index (κ3) is 3.84. The van der Waals surface area contributed by atoms with Gasteiger partial charge in [-0.05, 0) is 36.4 Å². The van der Waals surface area contributed by atoms with Gasteiger partial charge in [0.15, 0.2) is 5.82 Å². The van der Waals surface area contributed by atoms with Crippen molar-refractivity contribution in [2.45, 2.75) is 9.79 Å². The molecule has 130 valence electrons. The van der Waals surface area contributed by atoms with Crippen LogP contribution in [-0.4, -0.2) is 32.0 Å². The summed E-state index contributed by atoms with van der Waals surface area (Å²) in [5, 5.41) is 11.6. The number of hydrogen-bond donors (Lipinski definition) is 3. The molecule has 4 N–H and O–H groups in total. The van der Waals surface area contributed by atoms with Crippen LogP contribution < -0.4 is 9.86 Å². The molecule has 0 spiro atoms. The predicted molar refractivity (Wildman–Crippen MR) is 90.4 cm³/mol. The largest absolute Gasteiger partial charge is 0.276 e. The number of primary sulfonamides is 1. The van der Waals surface area contributed by atoms with Gasteiger partial charge in [-0.1, -0.05) is 0 Å². The Balaban J connectivity index is 1.84. The summed E-state index contributed by atoms with van der Waals surface area (Å²) in [6.07, 6.45) is 3.21. The van der Waals surface area contributed by atoms with Crippen LogP contribution in [0.2, 0.25) is 0 Å². The van der Waals surface area contributed by atoms with Crippen molar-refractivity contribution in [2.75, 3.05) is 4.72 Å². The molecule has 0 saturated carbocycles. The number of pyridine rings is 1. The first-order valence-corrected chi connectivity index (χ1v) is 9.90. The fourth-order valence-electron chi connectivity index (χ4n) is 2.06. The van der Waals surface area contributed by atoms with Gasteiger partial charge >= 0.3 is 0 Å². The summed E-state index contributed by atoms with van der Waals surface area (Å²) in [5.41, 5.74) is 1.41. The number of hydrogen-bond acceptors (Lipinski definition) is 6. The van der Waals surface area contributed by atoms with E-state index in [9.17, 15) is 16.8 Å². The Hall–Kier alpha value is -2.76. The molecule has 0 saturated heterocycles. The third-order valence-electron chi connectivity index (χ3n) is 3.27. The fourth-order valence-corrected chi connectivity index (χ4v) is 3.57. The van der Waals surface area contributed by atoms with E-state index in [1.807, 2.05) is 0 Å². The van der Waals surface area contributed by atoms with Crippen LogP contribution in [0.3, 0.4) is 0 Å². The summed E-state index contributed by atoms with van der Waals surface area (Å²) in [4.78, 5) is 3.61. The number of nitrogens with zero attached hydrogens (tertiary/aromatic N) is 2. The summed E-state index contributed by atoms with van der Waals surface area (Å²) in [7, 11) is -7.81. The minimum atomic E-state index is -3.92. The number of nitrogens with one attached hydrogen (secondary N) is 2. The number of nitrogens with two attached hydrogens (primary N) is 1. The van der Waals surface area contributed by atoms with Crippen LogP contribution in [0, 0.1) is 0 Å². The van der Waals surface area contributed by atoms with Crippen LogP contribution in [0.1, 0.15) is 0 Å². The first-order chi connectivity index (χ1) is 11.8. The van der Waals surface area contributed by atoms with Gasteiger partial charge in [0.2, 0.25) is 10.0 Å². The molecule has 3 aromatic rings. The van der Waals surface area contributed by atoms with Gasteiger partial charge in [0.1, 0.15) is 0 Å². The maximum atomic E-state index is 12.4. The van der Waals surface area contributed by atoms with Crippen molar-refractivity contribution in [1.29, 1.82) is 0 Å². The van der Waals surface area contributed by atoms with Crippen LogP contribution in [-0.2, 0) is 20.0 Å². The molecule has 0 amide bonds. The van der Waals surface area contributed by atoms with Gasteiger partial charge in [-0.2, -0.15) is 5.10 Å². The minimum absolute atomic E-state index is 0.0994. The van der Waals surface area contributed by atoms with Crippen LogP contribution in [0.25, 0.3) is 11.3 Å². The number of anilines is 1. The lowest BCUT2D eigenvalue weighted by atomic mass is 10.2. The molecule has 0 fully saturated rings. The standard InChI is InChI=1S/C14H13N5O4S2/c15-24(20,21)11-1-3-12(4-2-11)25(22,23)19-14-9-13(17-18-14)10-5-7-16-8-6-10/h1-9H,(H2,15,20,21)(H2,17,18,19). The maximum Gasteiger partial charge on any atom is 0.263 e. The van der Waals surface area contributed by atoms with Gasteiger partial charge in [0.05, 0.1) is 15.5 Å². The lowest BCUT2D eigenvalue weighted by Gasteiger charge is -2.06. The first-order valence-electron chi connectivity index (χ1n) is 6.87. The van der Waals surface area contributed by atoms with Crippen molar-refractivity contribution in [2.24, 2.45) is 5.14 Å². The second-order valence-electron chi connectivity index (χ2n) is 5.02. The minimum Gasteiger partial charge on any atom is -0.276 e. The lowest BCUT2D eigenvalue weighted by molar-refractivity contribution is 0.595. The van der Waals surface area contributed by atoms with Gasteiger partial charge in [-0.3, -0.25) is 14.8 Å². The first kappa shape index (κ1) is 17.1. The van der Waals surface area contributed by atoms with E-state index in [1.165, 1.54) is 6.07 Å². The van der Waals surface area contributed by atoms with Gasteiger partial charge in [0, 0.05) is 24.0 Å². The zero-order chi connectivity index (χ0) is 18.1. The van der Waals surface area contributed by atoms with E-state index < -0.39 is 20.0 Å². The van der Waals surface area contributed by atoms with Gasteiger partial charge < -0.3 is 0 Å². The summed E-state index contributed by atoms with van der Waals surface area (Å²) in [5.74, 6) is 0.0994. The highest BCUT2D eigenvalue weighted by atomic mass is 32.2. The van der Waals surface area contributed by atoms with E-state index in [4.69, 9.17) is 5.14 Å². The Morgan fingerprint density at radius 1 is 0.920 bits per heavy atom. The molecule has 1 aromatic carbocycles. The lowest BCUT2D eigenvalue weighted by Crippen LogP contribution is -2.15. The van der Waals surface area contributed by atoms with Crippen LogP contribution in [0.5, 0.6) is 0 Å². The molecule has 3 rings (SSSR count). The molecule has 0 atom stereocenters. The Bertz CT molecular complexity index is 1090. The second kappa shape index (κ2) is 6.27. The van der Waals surface area contributed by atoms with Crippen molar-refractivity contribution < 1.29 is 16.8 Å². The molecule has 2 aromatic heterocycles. The number of H-pyrrole nitrogens is 1. The Labute approximate surface area is 144 Å². The molecular weight excluding hydrogens is 366 g/mol. The molecule has 25 heavy (non-hydrogen) atoms. The zero-order valence-corrected chi connectivity index (χ0v) is 14.3. The quantitative estimate of drug-likeness (QED) is 0.600. The van der Waals surface area contributed by atoms with Crippen LogP contribution in [0.4, 0.5) is 5.82 Å². The highest BCUT2D eigenvalue weighted by Crippen LogP contribution is 2.21. The molecule has 0 radical (unpaired) electrons. The average molecular weight is 379 g/mol. The maximum absolute atomic E-state index is 12.4. The SMILES string of the molecule is NS(=O)(=O)c1ccc(S(=O)(=O)Nc2cc(-c3ccncc3)[nH]n2)cc1. The van der Waals surface area contributed by atoms with Gasteiger partial charge in [-0.25, -0.2) is 22.0 Å². The van der Waals surface area contributed by atoms with Crippen LogP contribution >= 0.6 is 0 Å². The normalized spacial score (nSPS) is 12.0. The topological polar surface area (TPSA) is 148 Å². The zero-order valence-electron chi connectivity index (χ0n) is 12.6. The Morgan fingerprint density at radius 3 is 2.12 bits per heavy atom. The average Bonchev–Trinajstić information content (AvgIpc) is 3.03. The van der Waals surface area contributed by atoms with E-state index in [0.29, 0.717) is 5.69 Å². The Kier molecular flexibility index (Phi) is 4.29. The van der Waals surface area contributed by atoms with Gasteiger partial charge in [0.25, 0.3) is 10.0 Å². The molecular formula is C14H13N5O4S2. The van der Waals surface area contributed by atoms with E-state index in [1.54, 1.807) is 24.5 Å². The van der Waals surface area contributed by atoms with Crippen molar-refractivity contribution in [3.63, 3.8) is 0 Å². The Morgan fingerprint density at radius 2 is 1.52 bits per heavy atom. The molecule has 2 heterocycles. The number of aromatic nitrogens is 3. The molecule has 0 unspecified atom stereocenters. The number of benzene rings is 1. The number of rotatable bonds is 5. The fraction of sp³-hybridized carbons (Fsp3) is 0. The summed E-state index contributed by atoms with van der Waals surface area (Å²) < 4.78 is 49.5. The van der Waals surface area contributed by atoms with Crippen molar-refractivity contribution >= 4 is 25.9 Å². The summed E-state index contributed by atoms with van der Waals surface area (Å²) >= 11 is 0. The van der Waals surface area contributed by atoms with Crippen molar-refractivity contribution in [3.8, 4) is 11.3 Å². The molecule has 0 aliphatic carbocycles. The van der Waals surface area contributed by atoms with E-state index in [0.717, 1.165) is 29.8 Å². The monoisotopic (exact) mass is 379 g/mol. The van der Waals surface area contributed by atoms with E-state index >= 15 is 0 Å². The van der Waals surface area contributed by atoms with E-state index in [2.05, 4.69) is 19.9 Å². The molecule has 0 aliphatic rings.